The normalized spacial score (nSPS) is 12.3. The summed E-state index contributed by atoms with van der Waals surface area (Å²) in [6, 6.07) is 10.9. The largest absolute Gasteiger partial charge is 0.348 e. The third-order valence-corrected chi connectivity index (χ3v) is 2.76. The summed E-state index contributed by atoms with van der Waals surface area (Å²) in [5.74, 6) is 0. The van der Waals surface area contributed by atoms with Crippen LogP contribution in [0.2, 0.25) is 0 Å². The van der Waals surface area contributed by atoms with E-state index >= 15 is 0 Å². The Hall–Kier alpha value is -1.24. The quantitative estimate of drug-likeness (QED) is 0.662. The van der Waals surface area contributed by atoms with Gasteiger partial charge in [0.1, 0.15) is 0 Å². The second-order valence-electron chi connectivity index (χ2n) is 5.49. The minimum atomic E-state index is 0.349. The molecule has 0 atom stereocenters. The average Bonchev–Trinajstić information content (AvgIpc) is 2.42. The van der Waals surface area contributed by atoms with E-state index in [1.807, 2.05) is 0 Å². The van der Waals surface area contributed by atoms with Gasteiger partial charge in [-0.15, -0.1) is 0 Å². The number of fused-ring (bicyclic) bond motifs is 1. The van der Waals surface area contributed by atoms with Crippen LogP contribution in [0.3, 0.4) is 0 Å². The smallest absolute Gasteiger partial charge is 0.0479 e. The molecule has 0 saturated heterocycles. The van der Waals surface area contributed by atoms with E-state index in [2.05, 4.69) is 62.7 Å². The van der Waals surface area contributed by atoms with Gasteiger partial charge in [-0.3, -0.25) is 0 Å². The lowest BCUT2D eigenvalue weighted by Gasteiger charge is -2.18. The van der Waals surface area contributed by atoms with Crippen LogP contribution < -0.4 is 0 Å². The SMILES string of the molecule is Cn1c(CC(C)(C)C)cc2ccccc21. The molecule has 0 bridgehead atoms. The number of aromatic nitrogens is 1. The first-order chi connectivity index (χ1) is 6.97. The molecule has 0 radical (unpaired) electrons. The predicted octanol–water partition coefficient (Wildman–Crippen LogP) is 3.77. The van der Waals surface area contributed by atoms with E-state index in [9.17, 15) is 0 Å². The number of hydrogen-bond acceptors (Lipinski definition) is 0. The first-order valence-corrected chi connectivity index (χ1v) is 5.51. The summed E-state index contributed by atoms with van der Waals surface area (Å²) in [5, 5.41) is 1.35. The van der Waals surface area contributed by atoms with E-state index in [0.717, 1.165) is 6.42 Å². The first-order valence-electron chi connectivity index (χ1n) is 5.51. The molecule has 2 aromatic rings. The molecule has 0 aliphatic heterocycles. The minimum absolute atomic E-state index is 0.349. The van der Waals surface area contributed by atoms with Crippen LogP contribution in [0.25, 0.3) is 10.9 Å². The molecule has 0 fully saturated rings. The highest BCUT2D eigenvalue weighted by molar-refractivity contribution is 5.81. The number of rotatable bonds is 1. The van der Waals surface area contributed by atoms with Gasteiger partial charge in [-0.1, -0.05) is 39.0 Å². The van der Waals surface area contributed by atoms with E-state index in [-0.39, 0.29) is 0 Å². The Balaban J connectivity index is 2.49. The highest BCUT2D eigenvalue weighted by atomic mass is 14.9. The summed E-state index contributed by atoms with van der Waals surface area (Å²) in [4.78, 5) is 0. The second kappa shape index (κ2) is 3.41. The van der Waals surface area contributed by atoms with Crippen molar-refractivity contribution in [3.8, 4) is 0 Å². The number of benzene rings is 1. The van der Waals surface area contributed by atoms with Crippen LogP contribution in [-0.2, 0) is 13.5 Å². The van der Waals surface area contributed by atoms with Crippen molar-refractivity contribution in [3.63, 3.8) is 0 Å². The Morgan fingerprint density at radius 3 is 2.40 bits per heavy atom. The highest BCUT2D eigenvalue weighted by Gasteiger charge is 2.14. The van der Waals surface area contributed by atoms with E-state index in [1.165, 1.54) is 16.6 Å². The van der Waals surface area contributed by atoms with Crippen LogP contribution in [0, 0.1) is 5.41 Å². The van der Waals surface area contributed by atoms with Gasteiger partial charge >= 0.3 is 0 Å². The van der Waals surface area contributed by atoms with E-state index < -0.39 is 0 Å². The van der Waals surface area contributed by atoms with E-state index in [4.69, 9.17) is 0 Å². The van der Waals surface area contributed by atoms with Crippen LogP contribution in [0.15, 0.2) is 30.3 Å². The fraction of sp³-hybridized carbons (Fsp3) is 0.429. The van der Waals surface area contributed by atoms with Gasteiger partial charge in [-0.25, -0.2) is 0 Å². The monoisotopic (exact) mass is 201 g/mol. The predicted molar refractivity (Wildman–Crippen MR) is 66.1 cm³/mol. The average molecular weight is 201 g/mol. The molecular formula is C14H19N. The topological polar surface area (TPSA) is 4.93 Å². The molecular weight excluding hydrogens is 182 g/mol. The van der Waals surface area contributed by atoms with Gasteiger partial charge in [0, 0.05) is 18.3 Å². The zero-order chi connectivity index (χ0) is 11.1. The highest BCUT2D eigenvalue weighted by Crippen LogP contribution is 2.25. The van der Waals surface area contributed by atoms with Crippen LogP contribution >= 0.6 is 0 Å². The minimum Gasteiger partial charge on any atom is -0.348 e. The van der Waals surface area contributed by atoms with Crippen molar-refractivity contribution in [2.75, 3.05) is 0 Å². The Morgan fingerprint density at radius 1 is 1.13 bits per heavy atom. The molecule has 1 heteroatoms. The summed E-state index contributed by atoms with van der Waals surface area (Å²) < 4.78 is 2.31. The summed E-state index contributed by atoms with van der Waals surface area (Å²) in [5.41, 5.74) is 3.10. The lowest BCUT2D eigenvalue weighted by Crippen LogP contribution is -2.11. The molecule has 0 unspecified atom stereocenters. The fourth-order valence-corrected chi connectivity index (χ4v) is 2.06. The summed E-state index contributed by atoms with van der Waals surface area (Å²) in [7, 11) is 2.16. The third-order valence-electron chi connectivity index (χ3n) is 2.76. The molecule has 1 aromatic heterocycles. The van der Waals surface area contributed by atoms with E-state index in [1.54, 1.807) is 0 Å². The zero-order valence-electron chi connectivity index (χ0n) is 10.0. The zero-order valence-corrected chi connectivity index (χ0v) is 10.0. The second-order valence-corrected chi connectivity index (χ2v) is 5.49. The Morgan fingerprint density at radius 2 is 1.80 bits per heavy atom. The Labute approximate surface area is 91.7 Å². The molecule has 1 aromatic carbocycles. The molecule has 0 N–H and O–H groups in total. The van der Waals surface area contributed by atoms with Crippen LogP contribution in [0.4, 0.5) is 0 Å². The first kappa shape index (κ1) is 10.3. The van der Waals surface area contributed by atoms with Crippen molar-refractivity contribution < 1.29 is 0 Å². The third kappa shape index (κ3) is 2.06. The molecule has 1 nitrogen and oxygen atoms in total. The molecule has 0 saturated carbocycles. The number of hydrogen-bond donors (Lipinski definition) is 0. The van der Waals surface area contributed by atoms with E-state index in [0.29, 0.717) is 5.41 Å². The molecule has 0 spiro atoms. The maximum Gasteiger partial charge on any atom is 0.0479 e. The van der Waals surface area contributed by atoms with Gasteiger partial charge in [0.25, 0.3) is 0 Å². The van der Waals surface area contributed by atoms with Crippen molar-refractivity contribution in [1.29, 1.82) is 0 Å². The molecule has 0 amide bonds. The van der Waals surface area contributed by atoms with Crippen molar-refractivity contribution in [1.82, 2.24) is 4.57 Å². The van der Waals surface area contributed by atoms with Crippen molar-refractivity contribution in [3.05, 3.63) is 36.0 Å². The van der Waals surface area contributed by atoms with Crippen molar-refractivity contribution in [2.24, 2.45) is 12.5 Å². The molecule has 0 aliphatic carbocycles. The van der Waals surface area contributed by atoms with Gasteiger partial charge in [0.2, 0.25) is 0 Å². The van der Waals surface area contributed by atoms with Gasteiger partial charge in [-0.2, -0.15) is 0 Å². The molecule has 2 rings (SSSR count). The van der Waals surface area contributed by atoms with Crippen LogP contribution in [-0.4, -0.2) is 4.57 Å². The van der Waals surface area contributed by atoms with Gasteiger partial charge < -0.3 is 4.57 Å². The number of nitrogens with zero attached hydrogens (tertiary/aromatic N) is 1. The van der Waals surface area contributed by atoms with Crippen LogP contribution in [0.1, 0.15) is 26.5 Å². The molecule has 15 heavy (non-hydrogen) atoms. The summed E-state index contributed by atoms with van der Waals surface area (Å²) >= 11 is 0. The summed E-state index contributed by atoms with van der Waals surface area (Å²) in [6.07, 6.45) is 1.12. The van der Waals surface area contributed by atoms with Gasteiger partial charge in [-0.05, 0) is 29.4 Å². The van der Waals surface area contributed by atoms with Gasteiger partial charge in [0.05, 0.1) is 0 Å². The summed E-state index contributed by atoms with van der Waals surface area (Å²) in [6.45, 7) is 6.85. The van der Waals surface area contributed by atoms with Crippen LogP contribution in [0.5, 0.6) is 0 Å². The maximum absolute atomic E-state index is 2.31. The fourth-order valence-electron chi connectivity index (χ4n) is 2.06. The Kier molecular flexibility index (Phi) is 2.34. The lowest BCUT2D eigenvalue weighted by atomic mass is 9.90. The Bertz CT molecular complexity index is 472. The van der Waals surface area contributed by atoms with Crippen molar-refractivity contribution in [2.45, 2.75) is 27.2 Å². The molecule has 80 valence electrons. The number of aryl methyl sites for hydroxylation is 1. The number of para-hydroxylation sites is 1. The van der Waals surface area contributed by atoms with Gasteiger partial charge in [0.15, 0.2) is 0 Å². The molecule has 1 heterocycles. The standard InChI is InChI=1S/C14H19N/c1-14(2,3)10-12-9-11-7-5-6-8-13(11)15(12)4/h5-9H,10H2,1-4H3. The molecule has 0 aliphatic rings. The maximum atomic E-state index is 2.31. The lowest BCUT2D eigenvalue weighted by molar-refractivity contribution is 0.402. The van der Waals surface area contributed by atoms with Crippen molar-refractivity contribution >= 4 is 10.9 Å².